The summed E-state index contributed by atoms with van der Waals surface area (Å²) in [6.07, 6.45) is -9.30. The lowest BCUT2D eigenvalue weighted by molar-refractivity contribution is -0.157. The normalized spacial score (nSPS) is 18.4. The first-order valence-electron chi connectivity index (χ1n) is 5.46. The van der Waals surface area contributed by atoms with Crippen molar-refractivity contribution in [2.75, 3.05) is 7.11 Å². The van der Waals surface area contributed by atoms with E-state index >= 15 is 0 Å². The van der Waals surface area contributed by atoms with Crippen molar-refractivity contribution in [1.29, 1.82) is 0 Å². The molecule has 0 bridgehead atoms. The van der Waals surface area contributed by atoms with Crippen molar-refractivity contribution in [1.82, 2.24) is 0 Å². The van der Waals surface area contributed by atoms with Crippen LogP contribution in [0.5, 0.6) is 0 Å². The van der Waals surface area contributed by atoms with Crippen molar-refractivity contribution in [3.63, 3.8) is 0 Å². The highest BCUT2D eigenvalue weighted by molar-refractivity contribution is 5.29. The number of alkyl halides is 6. The fraction of sp³-hybridized carbons (Fsp3) is 0.667. The maximum absolute atomic E-state index is 12.7. The first-order valence-corrected chi connectivity index (χ1v) is 5.46. The van der Waals surface area contributed by atoms with Gasteiger partial charge in [-0.25, -0.2) is 0 Å². The summed E-state index contributed by atoms with van der Waals surface area (Å²) in [5.74, 6) is -2.17. The zero-order valence-corrected chi connectivity index (χ0v) is 11.0. The van der Waals surface area contributed by atoms with Gasteiger partial charge in [-0.2, -0.15) is 26.3 Å². The van der Waals surface area contributed by atoms with Crippen LogP contribution in [0.4, 0.5) is 26.3 Å². The van der Waals surface area contributed by atoms with Gasteiger partial charge in [0.1, 0.15) is 0 Å². The summed E-state index contributed by atoms with van der Waals surface area (Å²) in [5, 5.41) is 0. The second-order valence-electron chi connectivity index (χ2n) is 4.22. The van der Waals surface area contributed by atoms with E-state index in [9.17, 15) is 26.3 Å². The SMILES string of the molecule is COC(C)/C(C)=C/C(=C\C(C)C(F)(F)F)C(F)(F)F. The highest BCUT2D eigenvalue weighted by Gasteiger charge is 2.39. The van der Waals surface area contributed by atoms with Gasteiger partial charge in [0, 0.05) is 7.11 Å². The van der Waals surface area contributed by atoms with Crippen molar-refractivity contribution in [2.24, 2.45) is 5.92 Å². The lowest BCUT2D eigenvalue weighted by atomic mass is 10.0. The molecule has 0 amide bonds. The van der Waals surface area contributed by atoms with Crippen LogP contribution in [0.15, 0.2) is 23.3 Å². The molecule has 0 spiro atoms. The Hall–Kier alpha value is -0.980. The van der Waals surface area contributed by atoms with Crippen LogP contribution in [0.1, 0.15) is 20.8 Å². The molecule has 0 radical (unpaired) electrons. The van der Waals surface area contributed by atoms with Crippen molar-refractivity contribution in [3.8, 4) is 0 Å². The summed E-state index contributed by atoms with van der Waals surface area (Å²) in [6, 6.07) is 0. The first-order chi connectivity index (χ1) is 8.39. The number of halogens is 6. The zero-order chi connectivity index (χ0) is 15.4. The van der Waals surface area contributed by atoms with Gasteiger partial charge < -0.3 is 4.74 Å². The average molecular weight is 290 g/mol. The van der Waals surface area contributed by atoms with Crippen molar-refractivity contribution >= 4 is 0 Å². The van der Waals surface area contributed by atoms with Crippen LogP contribution in [0, 0.1) is 5.92 Å². The minimum Gasteiger partial charge on any atom is -0.377 e. The van der Waals surface area contributed by atoms with E-state index in [2.05, 4.69) is 0 Å². The Morgan fingerprint density at radius 2 is 1.53 bits per heavy atom. The Morgan fingerprint density at radius 1 is 1.05 bits per heavy atom. The van der Waals surface area contributed by atoms with E-state index < -0.39 is 29.9 Å². The Balaban J connectivity index is 5.44. The molecule has 0 aromatic carbocycles. The summed E-state index contributed by atoms with van der Waals surface area (Å²) < 4.78 is 79.7. The summed E-state index contributed by atoms with van der Waals surface area (Å²) >= 11 is 0. The molecular formula is C12H16F6O. The topological polar surface area (TPSA) is 9.23 Å². The molecule has 0 fully saturated rings. The van der Waals surface area contributed by atoms with Gasteiger partial charge in [0.05, 0.1) is 17.6 Å². The molecule has 2 atom stereocenters. The molecule has 0 N–H and O–H groups in total. The standard InChI is InChI=1S/C12H16F6O/c1-7(9(3)19-4)5-10(12(16,17)18)6-8(2)11(13,14)15/h5-6,8-9H,1-4H3/b7-5+,10-6+. The number of allylic oxidation sites excluding steroid dienone is 3. The molecule has 0 saturated carbocycles. The van der Waals surface area contributed by atoms with Crippen molar-refractivity contribution in [3.05, 3.63) is 23.3 Å². The van der Waals surface area contributed by atoms with E-state index in [1.165, 1.54) is 21.0 Å². The molecular weight excluding hydrogens is 274 g/mol. The molecule has 0 aliphatic carbocycles. The summed E-state index contributed by atoms with van der Waals surface area (Å²) in [4.78, 5) is 0. The second-order valence-corrected chi connectivity index (χ2v) is 4.22. The van der Waals surface area contributed by atoms with Gasteiger partial charge in [0.15, 0.2) is 0 Å². The van der Waals surface area contributed by atoms with Gasteiger partial charge >= 0.3 is 12.4 Å². The van der Waals surface area contributed by atoms with E-state index in [1.54, 1.807) is 0 Å². The van der Waals surface area contributed by atoms with Gasteiger partial charge in [0.25, 0.3) is 0 Å². The molecule has 112 valence electrons. The fourth-order valence-electron chi connectivity index (χ4n) is 1.14. The van der Waals surface area contributed by atoms with E-state index in [0.29, 0.717) is 13.0 Å². The van der Waals surface area contributed by atoms with E-state index in [1.807, 2.05) is 0 Å². The first kappa shape index (κ1) is 18.0. The number of methoxy groups -OCH3 is 1. The van der Waals surface area contributed by atoms with E-state index in [4.69, 9.17) is 4.74 Å². The third-order valence-electron chi connectivity index (χ3n) is 2.65. The van der Waals surface area contributed by atoms with Gasteiger partial charge in [-0.1, -0.05) is 13.0 Å². The minimum absolute atomic E-state index is 0.172. The maximum atomic E-state index is 12.7. The van der Waals surface area contributed by atoms with Crippen LogP contribution < -0.4 is 0 Å². The van der Waals surface area contributed by atoms with Crippen LogP contribution >= 0.6 is 0 Å². The third kappa shape index (κ3) is 6.13. The van der Waals surface area contributed by atoms with Crippen LogP contribution in [0.2, 0.25) is 0 Å². The molecule has 0 aliphatic heterocycles. The number of hydrogen-bond donors (Lipinski definition) is 0. The molecule has 1 nitrogen and oxygen atoms in total. The van der Waals surface area contributed by atoms with Gasteiger partial charge in [0.2, 0.25) is 0 Å². The fourth-order valence-corrected chi connectivity index (χ4v) is 1.14. The summed E-state index contributed by atoms with van der Waals surface area (Å²) in [6.45, 7) is 3.55. The van der Waals surface area contributed by atoms with Crippen molar-refractivity contribution in [2.45, 2.75) is 39.2 Å². The van der Waals surface area contributed by atoms with E-state index in [0.717, 1.165) is 0 Å². The molecule has 0 saturated heterocycles. The summed E-state index contributed by atoms with van der Waals surface area (Å²) in [5.41, 5.74) is -1.13. The highest BCUT2D eigenvalue weighted by Crippen LogP contribution is 2.33. The number of ether oxygens (including phenoxy) is 1. The molecule has 7 heteroatoms. The van der Waals surface area contributed by atoms with Crippen LogP contribution in [-0.4, -0.2) is 25.6 Å². The summed E-state index contributed by atoms with van der Waals surface area (Å²) in [7, 11) is 1.30. The molecule has 0 aliphatic rings. The van der Waals surface area contributed by atoms with Crippen molar-refractivity contribution < 1.29 is 31.1 Å². The quantitative estimate of drug-likeness (QED) is 0.540. The van der Waals surface area contributed by atoms with Gasteiger partial charge in [-0.3, -0.25) is 0 Å². The van der Waals surface area contributed by atoms with Crippen LogP contribution in [0.3, 0.4) is 0 Å². The zero-order valence-electron chi connectivity index (χ0n) is 11.0. The molecule has 2 unspecified atom stereocenters. The number of hydrogen-bond acceptors (Lipinski definition) is 1. The predicted octanol–water partition coefficient (Wildman–Crippen LogP) is 4.65. The highest BCUT2D eigenvalue weighted by atomic mass is 19.4. The molecule has 0 aromatic heterocycles. The largest absolute Gasteiger partial charge is 0.416 e. The minimum atomic E-state index is -4.84. The number of rotatable bonds is 4. The lowest BCUT2D eigenvalue weighted by Gasteiger charge is -2.16. The Bertz CT molecular complexity index is 350. The molecule has 0 heterocycles. The second kappa shape index (κ2) is 6.45. The molecule has 0 rings (SSSR count). The predicted molar refractivity (Wildman–Crippen MR) is 59.6 cm³/mol. The monoisotopic (exact) mass is 290 g/mol. The Morgan fingerprint density at radius 3 is 1.84 bits per heavy atom. The Labute approximate surface area is 107 Å². The molecule has 0 aromatic rings. The third-order valence-corrected chi connectivity index (χ3v) is 2.65. The molecule has 19 heavy (non-hydrogen) atoms. The maximum Gasteiger partial charge on any atom is 0.416 e. The Kier molecular flexibility index (Phi) is 6.12. The van der Waals surface area contributed by atoms with E-state index in [-0.39, 0.29) is 11.6 Å². The van der Waals surface area contributed by atoms with Gasteiger partial charge in [-0.15, -0.1) is 0 Å². The average Bonchev–Trinajstić information content (AvgIpc) is 2.23. The van der Waals surface area contributed by atoms with Crippen LogP contribution in [-0.2, 0) is 4.74 Å². The lowest BCUT2D eigenvalue weighted by Crippen LogP contribution is -2.21. The van der Waals surface area contributed by atoms with Gasteiger partial charge in [-0.05, 0) is 25.5 Å². The van der Waals surface area contributed by atoms with Crippen LogP contribution in [0.25, 0.3) is 0 Å². The smallest absolute Gasteiger partial charge is 0.377 e.